The van der Waals surface area contributed by atoms with Gasteiger partial charge in [-0.3, -0.25) is 0 Å². The van der Waals surface area contributed by atoms with Crippen LogP contribution in [0.3, 0.4) is 0 Å². The van der Waals surface area contributed by atoms with Crippen LogP contribution in [-0.2, 0) is 9.53 Å². The van der Waals surface area contributed by atoms with Crippen molar-refractivity contribution in [2.24, 2.45) is 11.8 Å². The number of esters is 1. The summed E-state index contributed by atoms with van der Waals surface area (Å²) in [5, 5.41) is 3.25. The Bertz CT molecular complexity index is 277. The van der Waals surface area contributed by atoms with Crippen molar-refractivity contribution in [1.82, 2.24) is 10.2 Å². The summed E-state index contributed by atoms with van der Waals surface area (Å²) in [7, 11) is 3.36. The molecule has 1 unspecified atom stereocenters. The van der Waals surface area contributed by atoms with Gasteiger partial charge in [-0.2, -0.15) is 0 Å². The Morgan fingerprint density at radius 2 is 2.11 bits per heavy atom. The monoisotopic (exact) mass is 256 g/mol. The summed E-state index contributed by atoms with van der Waals surface area (Å²) >= 11 is 0. The quantitative estimate of drug-likeness (QED) is 0.668. The van der Waals surface area contributed by atoms with E-state index in [4.69, 9.17) is 4.74 Å². The molecule has 18 heavy (non-hydrogen) atoms. The zero-order chi connectivity index (χ0) is 13.8. The fraction of sp³-hybridized carbons (Fsp3) is 0.929. The van der Waals surface area contributed by atoms with Gasteiger partial charge in [0.1, 0.15) is 5.54 Å². The highest BCUT2D eigenvalue weighted by Gasteiger charge is 2.51. The van der Waals surface area contributed by atoms with Gasteiger partial charge in [0.2, 0.25) is 0 Å². The van der Waals surface area contributed by atoms with Crippen LogP contribution >= 0.6 is 0 Å². The average Bonchev–Trinajstić information content (AvgIpc) is 3.17. The Hall–Kier alpha value is -0.610. The molecule has 0 aliphatic heterocycles. The van der Waals surface area contributed by atoms with Crippen molar-refractivity contribution in [2.75, 3.05) is 33.8 Å². The Labute approximate surface area is 111 Å². The summed E-state index contributed by atoms with van der Waals surface area (Å²) in [5.74, 6) is 0.919. The van der Waals surface area contributed by atoms with Crippen LogP contribution in [0, 0.1) is 11.8 Å². The number of methoxy groups -OCH3 is 1. The van der Waals surface area contributed by atoms with Crippen molar-refractivity contribution in [1.29, 1.82) is 0 Å². The van der Waals surface area contributed by atoms with Gasteiger partial charge in [0.25, 0.3) is 0 Å². The third-order valence-electron chi connectivity index (χ3n) is 3.81. The number of nitrogens with one attached hydrogen (secondary N) is 1. The van der Waals surface area contributed by atoms with Gasteiger partial charge in [0, 0.05) is 13.1 Å². The predicted molar refractivity (Wildman–Crippen MR) is 73.5 cm³/mol. The van der Waals surface area contributed by atoms with Crippen molar-refractivity contribution < 1.29 is 9.53 Å². The summed E-state index contributed by atoms with van der Waals surface area (Å²) in [4.78, 5) is 14.5. The number of carbonyl (C=O) groups is 1. The van der Waals surface area contributed by atoms with Crippen molar-refractivity contribution in [3.05, 3.63) is 0 Å². The summed E-state index contributed by atoms with van der Waals surface area (Å²) in [6.07, 6.45) is 2.24. The molecule has 0 radical (unpaired) electrons. The van der Waals surface area contributed by atoms with E-state index in [1.807, 2.05) is 7.05 Å². The lowest BCUT2D eigenvalue weighted by atomic mass is 9.92. The highest BCUT2D eigenvalue weighted by Crippen LogP contribution is 2.40. The fourth-order valence-corrected chi connectivity index (χ4v) is 2.68. The highest BCUT2D eigenvalue weighted by atomic mass is 16.5. The van der Waals surface area contributed by atoms with E-state index in [0.717, 1.165) is 32.5 Å². The molecule has 0 aromatic carbocycles. The normalized spacial score (nSPS) is 19.1. The molecule has 0 aromatic rings. The van der Waals surface area contributed by atoms with E-state index in [2.05, 4.69) is 31.0 Å². The Morgan fingerprint density at radius 3 is 2.44 bits per heavy atom. The van der Waals surface area contributed by atoms with Crippen molar-refractivity contribution in [2.45, 2.75) is 39.2 Å². The van der Waals surface area contributed by atoms with Crippen LogP contribution in [0.25, 0.3) is 0 Å². The molecule has 1 atom stereocenters. The van der Waals surface area contributed by atoms with Crippen LogP contribution in [0.2, 0.25) is 0 Å². The van der Waals surface area contributed by atoms with E-state index in [-0.39, 0.29) is 5.97 Å². The number of hydrogen-bond acceptors (Lipinski definition) is 4. The standard InChI is InChI=1S/C14H28N2O2/c1-6-16(9-11(2)3)10-14(15-4,12-7-8-12)13(17)18-5/h11-12,15H,6-10H2,1-5H3. The highest BCUT2D eigenvalue weighted by molar-refractivity contribution is 5.82. The molecule has 1 N–H and O–H groups in total. The predicted octanol–water partition coefficient (Wildman–Crippen LogP) is 1.51. The maximum absolute atomic E-state index is 12.2. The number of ether oxygens (including phenoxy) is 1. The van der Waals surface area contributed by atoms with E-state index in [9.17, 15) is 4.79 Å². The van der Waals surface area contributed by atoms with Gasteiger partial charge in [-0.1, -0.05) is 20.8 Å². The molecular formula is C14H28N2O2. The van der Waals surface area contributed by atoms with Gasteiger partial charge in [-0.25, -0.2) is 4.79 Å². The van der Waals surface area contributed by atoms with Crippen LogP contribution in [0.4, 0.5) is 0 Å². The maximum atomic E-state index is 12.2. The smallest absolute Gasteiger partial charge is 0.327 e. The van der Waals surface area contributed by atoms with Gasteiger partial charge in [-0.15, -0.1) is 0 Å². The van der Waals surface area contributed by atoms with Crippen LogP contribution in [-0.4, -0.2) is 50.2 Å². The molecule has 0 saturated heterocycles. The first-order valence-electron chi connectivity index (χ1n) is 6.99. The zero-order valence-corrected chi connectivity index (χ0v) is 12.5. The van der Waals surface area contributed by atoms with Crippen LogP contribution in [0.1, 0.15) is 33.6 Å². The van der Waals surface area contributed by atoms with E-state index in [1.54, 1.807) is 0 Å². The Balaban J connectivity index is 2.79. The minimum absolute atomic E-state index is 0.116. The molecule has 1 saturated carbocycles. The van der Waals surface area contributed by atoms with Crippen molar-refractivity contribution in [3.8, 4) is 0 Å². The molecule has 0 spiro atoms. The van der Waals surface area contributed by atoms with E-state index >= 15 is 0 Å². The summed E-state index contributed by atoms with van der Waals surface area (Å²) in [6.45, 7) is 9.29. The van der Waals surface area contributed by atoms with Crippen molar-refractivity contribution >= 4 is 5.97 Å². The molecule has 0 bridgehead atoms. The third-order valence-corrected chi connectivity index (χ3v) is 3.81. The lowest BCUT2D eigenvalue weighted by Gasteiger charge is -2.36. The molecule has 1 aliphatic carbocycles. The van der Waals surface area contributed by atoms with Gasteiger partial charge >= 0.3 is 5.97 Å². The summed E-state index contributed by atoms with van der Waals surface area (Å²) in [6, 6.07) is 0. The van der Waals surface area contributed by atoms with Crippen molar-refractivity contribution in [3.63, 3.8) is 0 Å². The molecule has 0 heterocycles. The molecule has 4 nitrogen and oxygen atoms in total. The number of nitrogens with zero attached hydrogens (tertiary/aromatic N) is 1. The lowest BCUT2D eigenvalue weighted by molar-refractivity contribution is -0.150. The lowest BCUT2D eigenvalue weighted by Crippen LogP contribution is -2.60. The van der Waals surface area contributed by atoms with E-state index in [0.29, 0.717) is 11.8 Å². The Morgan fingerprint density at radius 1 is 1.50 bits per heavy atom. The molecule has 1 aliphatic rings. The van der Waals surface area contributed by atoms with Crippen LogP contribution in [0.15, 0.2) is 0 Å². The summed E-state index contributed by atoms with van der Waals surface area (Å²) < 4.78 is 5.03. The maximum Gasteiger partial charge on any atom is 0.327 e. The van der Waals surface area contributed by atoms with E-state index in [1.165, 1.54) is 7.11 Å². The number of likely N-dealkylation sites (N-methyl/N-ethyl adjacent to an activating group) is 2. The fourth-order valence-electron chi connectivity index (χ4n) is 2.68. The second-order valence-electron chi connectivity index (χ2n) is 5.71. The largest absolute Gasteiger partial charge is 0.468 e. The van der Waals surface area contributed by atoms with E-state index < -0.39 is 5.54 Å². The first-order chi connectivity index (χ1) is 8.50. The topological polar surface area (TPSA) is 41.6 Å². The number of carbonyl (C=O) groups excluding carboxylic acids is 1. The third kappa shape index (κ3) is 3.45. The zero-order valence-electron chi connectivity index (χ0n) is 12.5. The molecule has 1 rings (SSSR count). The Kier molecular flexibility index (Phi) is 5.60. The molecular weight excluding hydrogens is 228 g/mol. The van der Waals surface area contributed by atoms with Gasteiger partial charge in [0.05, 0.1) is 7.11 Å². The number of rotatable bonds is 8. The number of hydrogen-bond donors (Lipinski definition) is 1. The first kappa shape index (κ1) is 15.4. The van der Waals surface area contributed by atoms with Crippen LogP contribution in [0.5, 0.6) is 0 Å². The second kappa shape index (κ2) is 6.53. The SMILES string of the molecule is CCN(CC(C)C)CC(NC)(C(=O)OC)C1CC1. The summed E-state index contributed by atoms with van der Waals surface area (Å²) in [5.41, 5.74) is -0.514. The van der Waals surface area contributed by atoms with Gasteiger partial charge in [0.15, 0.2) is 0 Å². The molecule has 0 amide bonds. The molecule has 0 aromatic heterocycles. The average molecular weight is 256 g/mol. The minimum atomic E-state index is -0.514. The molecule has 4 heteroatoms. The van der Waals surface area contributed by atoms with Crippen LogP contribution < -0.4 is 5.32 Å². The second-order valence-corrected chi connectivity index (χ2v) is 5.71. The minimum Gasteiger partial charge on any atom is -0.468 e. The molecule has 1 fully saturated rings. The van der Waals surface area contributed by atoms with Gasteiger partial charge < -0.3 is 15.0 Å². The van der Waals surface area contributed by atoms with Gasteiger partial charge in [-0.05, 0) is 38.3 Å². The first-order valence-corrected chi connectivity index (χ1v) is 6.99. The molecule has 106 valence electrons.